The number of amides is 1. The molecule has 8 heteroatoms. The van der Waals surface area contributed by atoms with Crippen LogP contribution in [0.4, 0.5) is 0 Å². The number of aromatic nitrogens is 2. The van der Waals surface area contributed by atoms with Crippen LogP contribution in [-0.4, -0.2) is 33.0 Å². The van der Waals surface area contributed by atoms with Crippen molar-refractivity contribution in [3.05, 3.63) is 32.6 Å². The molecule has 0 unspecified atom stereocenters. The van der Waals surface area contributed by atoms with E-state index in [0.717, 1.165) is 6.20 Å². The van der Waals surface area contributed by atoms with Gasteiger partial charge in [0, 0.05) is 6.20 Å². The van der Waals surface area contributed by atoms with E-state index in [0.29, 0.717) is 6.42 Å². The highest BCUT2D eigenvalue weighted by Gasteiger charge is 2.21. The highest BCUT2D eigenvalue weighted by Crippen LogP contribution is 1.98. The van der Waals surface area contributed by atoms with Crippen molar-refractivity contribution in [2.24, 2.45) is 0 Å². The summed E-state index contributed by atoms with van der Waals surface area (Å²) in [4.78, 5) is 48.6. The molecule has 0 radical (unpaired) electrons. The van der Waals surface area contributed by atoms with E-state index in [9.17, 15) is 19.2 Å². The summed E-state index contributed by atoms with van der Waals surface area (Å²) in [5.41, 5.74) is -1.94. The molecule has 0 fully saturated rings. The Hall–Kier alpha value is -2.38. The first kappa shape index (κ1) is 13.7. The quantitative estimate of drug-likeness (QED) is 0.538. The van der Waals surface area contributed by atoms with Crippen LogP contribution in [0.1, 0.15) is 30.1 Å². The van der Waals surface area contributed by atoms with E-state index in [1.54, 1.807) is 6.92 Å². The van der Waals surface area contributed by atoms with Gasteiger partial charge >= 0.3 is 11.7 Å². The zero-order valence-electron chi connectivity index (χ0n) is 9.65. The number of carbonyl (C=O) groups excluding carboxylic acids is 1. The lowest BCUT2D eigenvalue weighted by Gasteiger charge is -2.12. The largest absolute Gasteiger partial charge is 0.480 e. The highest BCUT2D eigenvalue weighted by atomic mass is 16.4. The number of carboxylic acid groups (broad SMARTS) is 1. The summed E-state index contributed by atoms with van der Waals surface area (Å²) < 4.78 is 0. The van der Waals surface area contributed by atoms with E-state index in [1.165, 1.54) is 0 Å². The molecule has 1 rings (SSSR count). The number of aromatic amines is 2. The van der Waals surface area contributed by atoms with Crippen molar-refractivity contribution in [2.75, 3.05) is 0 Å². The Bertz CT molecular complexity index is 559. The SMILES string of the molecule is CCC[C@H](NC(=O)c1c[nH]c(=O)[nH]c1=O)C(=O)O. The van der Waals surface area contributed by atoms with E-state index in [4.69, 9.17) is 5.11 Å². The Kier molecular flexibility index (Phi) is 4.41. The average Bonchev–Trinajstić information content (AvgIpc) is 2.27. The number of carbonyl (C=O) groups is 2. The lowest BCUT2D eigenvalue weighted by molar-refractivity contribution is -0.139. The first-order chi connectivity index (χ1) is 8.45. The molecule has 1 amide bonds. The third kappa shape index (κ3) is 3.30. The third-order valence-corrected chi connectivity index (χ3v) is 2.24. The van der Waals surface area contributed by atoms with Crippen LogP contribution in [0, 0.1) is 0 Å². The number of carboxylic acids is 1. The Balaban J connectivity index is 2.90. The summed E-state index contributed by atoms with van der Waals surface area (Å²) in [6.07, 6.45) is 1.77. The van der Waals surface area contributed by atoms with Gasteiger partial charge in [0.15, 0.2) is 0 Å². The Morgan fingerprint density at radius 1 is 1.44 bits per heavy atom. The van der Waals surface area contributed by atoms with Crippen molar-refractivity contribution >= 4 is 11.9 Å². The smallest absolute Gasteiger partial charge is 0.326 e. The van der Waals surface area contributed by atoms with Crippen molar-refractivity contribution in [3.63, 3.8) is 0 Å². The number of rotatable bonds is 5. The first-order valence-electron chi connectivity index (χ1n) is 5.31. The topological polar surface area (TPSA) is 132 Å². The second-order valence-electron chi connectivity index (χ2n) is 3.64. The van der Waals surface area contributed by atoms with E-state index < -0.39 is 29.2 Å². The van der Waals surface area contributed by atoms with Gasteiger partial charge in [0.05, 0.1) is 0 Å². The van der Waals surface area contributed by atoms with Gasteiger partial charge in [0.2, 0.25) is 0 Å². The van der Waals surface area contributed by atoms with Crippen molar-refractivity contribution < 1.29 is 14.7 Å². The molecule has 1 heterocycles. The molecule has 0 bridgehead atoms. The summed E-state index contributed by atoms with van der Waals surface area (Å²) in [7, 11) is 0. The molecule has 1 aromatic heterocycles. The maximum Gasteiger partial charge on any atom is 0.326 e. The van der Waals surface area contributed by atoms with E-state index in [-0.39, 0.29) is 12.0 Å². The molecule has 0 saturated carbocycles. The molecule has 1 aromatic rings. The van der Waals surface area contributed by atoms with Crippen LogP contribution >= 0.6 is 0 Å². The van der Waals surface area contributed by atoms with E-state index in [1.807, 2.05) is 4.98 Å². The fraction of sp³-hybridized carbons (Fsp3) is 0.400. The number of hydrogen-bond acceptors (Lipinski definition) is 4. The highest BCUT2D eigenvalue weighted by molar-refractivity contribution is 5.95. The predicted octanol–water partition coefficient (Wildman–Crippen LogP) is -0.954. The summed E-state index contributed by atoms with van der Waals surface area (Å²) in [5, 5.41) is 11.1. The average molecular weight is 255 g/mol. The second kappa shape index (κ2) is 5.80. The fourth-order valence-electron chi connectivity index (χ4n) is 1.36. The van der Waals surface area contributed by atoms with E-state index in [2.05, 4.69) is 10.3 Å². The van der Waals surface area contributed by atoms with Crippen LogP contribution in [0.2, 0.25) is 0 Å². The lowest BCUT2D eigenvalue weighted by Crippen LogP contribution is -2.43. The van der Waals surface area contributed by atoms with E-state index >= 15 is 0 Å². The Labute approximate surface area is 101 Å². The Morgan fingerprint density at radius 3 is 2.61 bits per heavy atom. The van der Waals surface area contributed by atoms with Crippen LogP contribution in [0.3, 0.4) is 0 Å². The molecule has 4 N–H and O–H groups in total. The molecule has 0 aliphatic carbocycles. The van der Waals surface area contributed by atoms with Gasteiger partial charge in [-0.3, -0.25) is 14.6 Å². The van der Waals surface area contributed by atoms with Crippen LogP contribution in [0.25, 0.3) is 0 Å². The molecular weight excluding hydrogens is 242 g/mol. The molecule has 0 spiro atoms. The van der Waals surface area contributed by atoms with Gasteiger partial charge < -0.3 is 15.4 Å². The normalized spacial score (nSPS) is 11.8. The molecule has 0 saturated heterocycles. The van der Waals surface area contributed by atoms with Gasteiger partial charge in [-0.25, -0.2) is 9.59 Å². The lowest BCUT2D eigenvalue weighted by atomic mass is 10.1. The van der Waals surface area contributed by atoms with Gasteiger partial charge in [-0.1, -0.05) is 13.3 Å². The van der Waals surface area contributed by atoms with Gasteiger partial charge in [0.25, 0.3) is 11.5 Å². The van der Waals surface area contributed by atoms with Crippen LogP contribution < -0.4 is 16.6 Å². The van der Waals surface area contributed by atoms with Gasteiger partial charge in [-0.15, -0.1) is 0 Å². The zero-order valence-corrected chi connectivity index (χ0v) is 9.65. The number of H-pyrrole nitrogens is 2. The van der Waals surface area contributed by atoms with Gasteiger partial charge in [-0.05, 0) is 6.42 Å². The first-order valence-corrected chi connectivity index (χ1v) is 5.31. The van der Waals surface area contributed by atoms with Crippen LogP contribution in [0.15, 0.2) is 15.8 Å². The number of aliphatic carboxylic acids is 1. The minimum atomic E-state index is -1.17. The molecule has 98 valence electrons. The van der Waals surface area contributed by atoms with Crippen molar-refractivity contribution in [3.8, 4) is 0 Å². The molecule has 0 aromatic carbocycles. The summed E-state index contributed by atoms with van der Waals surface area (Å²) in [5.74, 6) is -2.01. The summed E-state index contributed by atoms with van der Waals surface area (Å²) in [6.45, 7) is 1.77. The minimum Gasteiger partial charge on any atom is -0.480 e. The van der Waals surface area contributed by atoms with Crippen molar-refractivity contribution in [1.29, 1.82) is 0 Å². The second-order valence-corrected chi connectivity index (χ2v) is 3.64. The predicted molar refractivity (Wildman–Crippen MR) is 61.5 cm³/mol. The summed E-state index contributed by atoms with van der Waals surface area (Å²) in [6, 6.07) is -1.06. The maximum absolute atomic E-state index is 11.7. The molecule has 18 heavy (non-hydrogen) atoms. The molecule has 8 nitrogen and oxygen atoms in total. The van der Waals surface area contributed by atoms with Gasteiger partial charge in [0.1, 0.15) is 11.6 Å². The monoisotopic (exact) mass is 255 g/mol. The third-order valence-electron chi connectivity index (χ3n) is 2.24. The number of nitrogens with one attached hydrogen (secondary N) is 3. The zero-order chi connectivity index (χ0) is 13.7. The Morgan fingerprint density at radius 2 is 2.11 bits per heavy atom. The van der Waals surface area contributed by atoms with Crippen LogP contribution in [0.5, 0.6) is 0 Å². The standard InChI is InChI=1S/C10H13N3O5/c1-2-3-6(9(16)17)12-7(14)5-4-11-10(18)13-8(5)15/h4,6H,2-3H2,1H3,(H,12,14)(H,16,17)(H2,11,13,15,18)/t6-/m0/s1. The fourth-order valence-corrected chi connectivity index (χ4v) is 1.36. The van der Waals surface area contributed by atoms with Crippen molar-refractivity contribution in [1.82, 2.24) is 15.3 Å². The minimum absolute atomic E-state index is 0.252. The van der Waals surface area contributed by atoms with Crippen LogP contribution in [-0.2, 0) is 4.79 Å². The number of hydrogen-bond donors (Lipinski definition) is 4. The van der Waals surface area contributed by atoms with Gasteiger partial charge in [-0.2, -0.15) is 0 Å². The molecular formula is C10H13N3O5. The maximum atomic E-state index is 11.7. The molecule has 1 atom stereocenters. The van der Waals surface area contributed by atoms with Crippen molar-refractivity contribution in [2.45, 2.75) is 25.8 Å². The summed E-state index contributed by atoms with van der Waals surface area (Å²) >= 11 is 0. The molecule has 0 aliphatic heterocycles. The molecule has 0 aliphatic rings.